The van der Waals surface area contributed by atoms with Gasteiger partial charge in [0.2, 0.25) is 4.96 Å². The number of hydrogen-bond acceptors (Lipinski definition) is 6. The molecule has 1 aromatic carbocycles. The zero-order valence-electron chi connectivity index (χ0n) is 13.6. The van der Waals surface area contributed by atoms with Crippen LogP contribution in [0.3, 0.4) is 0 Å². The lowest BCUT2D eigenvalue weighted by Crippen LogP contribution is -2.28. The Balaban J connectivity index is 1.80. The van der Waals surface area contributed by atoms with Gasteiger partial charge in [-0.25, -0.2) is 0 Å². The number of rotatable bonds is 3. The SMILES string of the molecule is Cc1ccc(C=c2sc3nc(=O)c(Cc4ccc(Cl)cc4)nn3c2=O)o1. The monoisotopic (exact) mass is 385 g/mol. The third kappa shape index (κ3) is 3.18. The second-order valence-electron chi connectivity index (χ2n) is 5.73. The van der Waals surface area contributed by atoms with E-state index in [1.165, 1.54) is 4.52 Å². The summed E-state index contributed by atoms with van der Waals surface area (Å²) in [5, 5.41) is 4.83. The first-order chi connectivity index (χ1) is 12.5. The number of furan rings is 1. The van der Waals surface area contributed by atoms with Gasteiger partial charge in [-0.05, 0) is 36.8 Å². The molecule has 8 heteroatoms. The number of nitrogens with zero attached hydrogens (tertiary/aromatic N) is 3. The van der Waals surface area contributed by atoms with Crippen molar-refractivity contribution in [2.45, 2.75) is 13.3 Å². The van der Waals surface area contributed by atoms with Gasteiger partial charge < -0.3 is 4.42 Å². The van der Waals surface area contributed by atoms with E-state index in [2.05, 4.69) is 10.1 Å². The first kappa shape index (κ1) is 16.7. The fourth-order valence-corrected chi connectivity index (χ4v) is 3.52. The molecule has 130 valence electrons. The highest BCUT2D eigenvalue weighted by Crippen LogP contribution is 2.11. The topological polar surface area (TPSA) is 77.5 Å². The van der Waals surface area contributed by atoms with Crippen molar-refractivity contribution in [3.8, 4) is 0 Å². The third-order valence-electron chi connectivity index (χ3n) is 3.77. The molecular formula is C18H12ClN3O3S. The molecular weight excluding hydrogens is 374 g/mol. The highest BCUT2D eigenvalue weighted by atomic mass is 35.5. The average Bonchev–Trinajstić information content (AvgIpc) is 3.14. The molecule has 0 atom stereocenters. The highest BCUT2D eigenvalue weighted by Gasteiger charge is 2.12. The van der Waals surface area contributed by atoms with Gasteiger partial charge in [0.1, 0.15) is 21.7 Å². The maximum atomic E-state index is 12.6. The minimum absolute atomic E-state index is 0.208. The molecule has 0 aliphatic carbocycles. The Bertz CT molecular complexity index is 1270. The van der Waals surface area contributed by atoms with Crippen molar-refractivity contribution in [1.29, 1.82) is 0 Å². The molecule has 0 saturated heterocycles. The zero-order chi connectivity index (χ0) is 18.3. The standard InChI is InChI=1S/C18H12ClN3O3S/c1-10-2-7-13(25-10)9-15-17(24)22-18(26-15)20-16(23)14(21-22)8-11-3-5-12(19)6-4-11/h2-7,9H,8H2,1H3. The quantitative estimate of drug-likeness (QED) is 0.540. The van der Waals surface area contributed by atoms with Crippen LogP contribution in [0.1, 0.15) is 22.8 Å². The summed E-state index contributed by atoms with van der Waals surface area (Å²) < 4.78 is 7.03. The fourth-order valence-electron chi connectivity index (χ4n) is 2.51. The highest BCUT2D eigenvalue weighted by molar-refractivity contribution is 7.15. The van der Waals surface area contributed by atoms with E-state index in [4.69, 9.17) is 16.0 Å². The van der Waals surface area contributed by atoms with Crippen molar-refractivity contribution < 1.29 is 4.42 Å². The predicted octanol–water partition coefficient (Wildman–Crippen LogP) is 2.20. The molecule has 0 fully saturated rings. The van der Waals surface area contributed by atoms with Crippen molar-refractivity contribution in [1.82, 2.24) is 14.6 Å². The lowest BCUT2D eigenvalue weighted by molar-refractivity contribution is 0.525. The normalized spacial score (nSPS) is 12.2. The van der Waals surface area contributed by atoms with Crippen LogP contribution in [0, 0.1) is 6.92 Å². The number of halogens is 1. The van der Waals surface area contributed by atoms with Crippen LogP contribution in [0.5, 0.6) is 0 Å². The maximum Gasteiger partial charge on any atom is 0.296 e. The van der Waals surface area contributed by atoms with Gasteiger partial charge in [0.05, 0.1) is 0 Å². The number of thiazole rings is 1. The van der Waals surface area contributed by atoms with Gasteiger partial charge in [-0.2, -0.15) is 14.6 Å². The molecule has 4 rings (SSSR count). The largest absolute Gasteiger partial charge is 0.462 e. The van der Waals surface area contributed by atoms with Crippen molar-refractivity contribution in [3.63, 3.8) is 0 Å². The molecule has 3 heterocycles. The van der Waals surface area contributed by atoms with Crippen LogP contribution in [-0.2, 0) is 6.42 Å². The lowest BCUT2D eigenvalue weighted by atomic mass is 10.1. The van der Waals surface area contributed by atoms with Gasteiger partial charge in [0.15, 0.2) is 0 Å². The van der Waals surface area contributed by atoms with Gasteiger partial charge in [-0.15, -0.1) is 0 Å². The molecule has 0 radical (unpaired) electrons. The van der Waals surface area contributed by atoms with E-state index in [1.54, 1.807) is 24.3 Å². The minimum Gasteiger partial charge on any atom is -0.462 e. The van der Waals surface area contributed by atoms with Crippen LogP contribution < -0.4 is 15.7 Å². The summed E-state index contributed by atoms with van der Waals surface area (Å²) in [6, 6.07) is 10.7. The Morgan fingerprint density at radius 2 is 1.96 bits per heavy atom. The number of benzene rings is 1. The van der Waals surface area contributed by atoms with E-state index in [9.17, 15) is 9.59 Å². The molecule has 0 amide bonds. The molecule has 0 bridgehead atoms. The Morgan fingerprint density at radius 3 is 2.65 bits per heavy atom. The summed E-state index contributed by atoms with van der Waals surface area (Å²) in [7, 11) is 0. The van der Waals surface area contributed by atoms with Crippen LogP contribution in [0.2, 0.25) is 5.02 Å². The summed E-state index contributed by atoms with van der Waals surface area (Å²) in [6.07, 6.45) is 1.90. The van der Waals surface area contributed by atoms with Crippen LogP contribution in [0.15, 0.2) is 50.4 Å². The van der Waals surface area contributed by atoms with Crippen LogP contribution >= 0.6 is 22.9 Å². The van der Waals surface area contributed by atoms with E-state index < -0.39 is 5.56 Å². The predicted molar refractivity (Wildman–Crippen MR) is 99.9 cm³/mol. The fraction of sp³-hybridized carbons (Fsp3) is 0.111. The molecule has 26 heavy (non-hydrogen) atoms. The summed E-state index contributed by atoms with van der Waals surface area (Å²) >= 11 is 6.97. The first-order valence-corrected chi connectivity index (χ1v) is 8.94. The second kappa shape index (κ2) is 6.51. The summed E-state index contributed by atoms with van der Waals surface area (Å²) in [4.78, 5) is 29.1. The molecule has 0 N–H and O–H groups in total. The molecule has 6 nitrogen and oxygen atoms in total. The van der Waals surface area contributed by atoms with Gasteiger partial charge >= 0.3 is 0 Å². The smallest absolute Gasteiger partial charge is 0.296 e. The first-order valence-electron chi connectivity index (χ1n) is 7.75. The van der Waals surface area contributed by atoms with Crippen molar-refractivity contribution in [2.75, 3.05) is 0 Å². The second-order valence-corrected chi connectivity index (χ2v) is 7.17. The molecule has 0 aliphatic rings. The number of hydrogen-bond donors (Lipinski definition) is 0. The summed E-state index contributed by atoms with van der Waals surface area (Å²) in [5.41, 5.74) is 0.298. The maximum absolute atomic E-state index is 12.6. The summed E-state index contributed by atoms with van der Waals surface area (Å²) in [5.74, 6) is 1.32. The van der Waals surface area contributed by atoms with Gasteiger partial charge in [0, 0.05) is 17.5 Å². The molecule has 0 spiro atoms. The number of fused-ring (bicyclic) bond motifs is 1. The van der Waals surface area contributed by atoms with Gasteiger partial charge in [0.25, 0.3) is 11.1 Å². The molecule has 0 saturated carbocycles. The Morgan fingerprint density at radius 1 is 1.19 bits per heavy atom. The molecule has 3 aromatic heterocycles. The van der Waals surface area contributed by atoms with Crippen molar-refractivity contribution in [3.05, 3.63) is 89.4 Å². The van der Waals surface area contributed by atoms with Gasteiger partial charge in [-0.1, -0.05) is 35.1 Å². The Labute approximate surface area is 156 Å². The Kier molecular flexibility index (Phi) is 4.18. The van der Waals surface area contributed by atoms with E-state index in [0.717, 1.165) is 22.7 Å². The Hall–Kier alpha value is -2.77. The number of aromatic nitrogens is 3. The van der Waals surface area contributed by atoms with Crippen molar-refractivity contribution in [2.24, 2.45) is 0 Å². The lowest BCUT2D eigenvalue weighted by Gasteiger charge is -2.00. The van der Waals surface area contributed by atoms with Crippen LogP contribution in [0.4, 0.5) is 0 Å². The van der Waals surface area contributed by atoms with E-state index >= 15 is 0 Å². The molecule has 0 aliphatic heterocycles. The van der Waals surface area contributed by atoms with Crippen molar-refractivity contribution >= 4 is 34.0 Å². The zero-order valence-corrected chi connectivity index (χ0v) is 15.2. The summed E-state index contributed by atoms with van der Waals surface area (Å²) in [6.45, 7) is 1.82. The average molecular weight is 386 g/mol. The minimum atomic E-state index is -0.443. The van der Waals surface area contributed by atoms with Gasteiger partial charge in [-0.3, -0.25) is 9.59 Å². The van der Waals surface area contributed by atoms with E-state index in [-0.39, 0.29) is 22.6 Å². The third-order valence-corrected chi connectivity index (χ3v) is 4.98. The van der Waals surface area contributed by atoms with E-state index in [1.807, 2.05) is 25.1 Å². The number of aryl methyl sites for hydroxylation is 1. The molecule has 4 aromatic rings. The molecule has 0 unspecified atom stereocenters. The van der Waals surface area contributed by atoms with Crippen LogP contribution in [-0.4, -0.2) is 14.6 Å². The van der Waals surface area contributed by atoms with E-state index in [0.29, 0.717) is 15.3 Å². The van der Waals surface area contributed by atoms with Crippen LogP contribution in [0.25, 0.3) is 11.0 Å².